The Balaban J connectivity index is 1.60. The van der Waals surface area contributed by atoms with Crippen molar-refractivity contribution < 1.29 is 17.9 Å². The molecule has 0 saturated heterocycles. The quantitative estimate of drug-likeness (QED) is 0.710. The number of benzene rings is 1. The number of amides is 2. The Labute approximate surface area is 137 Å². The van der Waals surface area contributed by atoms with Crippen LogP contribution in [-0.2, 0) is 16.4 Å². The summed E-state index contributed by atoms with van der Waals surface area (Å²) in [5, 5.41) is 5.48. The Kier molecular flexibility index (Phi) is 5.84. The van der Waals surface area contributed by atoms with Crippen LogP contribution in [0.15, 0.2) is 24.3 Å². The van der Waals surface area contributed by atoms with Crippen LogP contribution < -0.4 is 15.4 Å². The second kappa shape index (κ2) is 7.65. The number of ether oxygens (including phenoxy) is 1. The summed E-state index contributed by atoms with van der Waals surface area (Å²) in [6, 6.07) is 7.57. The maximum Gasteiger partial charge on any atom is 0.314 e. The monoisotopic (exact) mass is 341 g/mol. The SMILES string of the molecule is CN(CCCNC(=O)NCC1Cc2ccccc2O1)S(C)(=O)=O. The summed E-state index contributed by atoms with van der Waals surface area (Å²) in [4.78, 5) is 11.7. The van der Waals surface area contributed by atoms with Gasteiger partial charge in [-0.25, -0.2) is 17.5 Å². The lowest BCUT2D eigenvalue weighted by atomic mass is 10.1. The van der Waals surface area contributed by atoms with E-state index >= 15 is 0 Å². The Bertz CT molecular complexity index is 623. The van der Waals surface area contributed by atoms with Crippen LogP contribution in [0, 0.1) is 0 Å². The van der Waals surface area contributed by atoms with Crippen molar-refractivity contribution >= 4 is 16.1 Å². The summed E-state index contributed by atoms with van der Waals surface area (Å²) in [5.74, 6) is 0.878. The first-order chi connectivity index (χ1) is 10.9. The van der Waals surface area contributed by atoms with Gasteiger partial charge in [0.05, 0.1) is 12.8 Å². The molecule has 1 aliphatic heterocycles. The summed E-state index contributed by atoms with van der Waals surface area (Å²) < 4.78 is 29.4. The van der Waals surface area contributed by atoms with Crippen LogP contribution in [-0.4, -0.2) is 57.8 Å². The predicted octanol–water partition coefficient (Wildman–Crippen LogP) is 0.571. The van der Waals surface area contributed by atoms with Crippen LogP contribution in [0.2, 0.25) is 0 Å². The molecule has 2 rings (SSSR count). The van der Waals surface area contributed by atoms with E-state index in [2.05, 4.69) is 10.6 Å². The van der Waals surface area contributed by atoms with Crippen molar-refractivity contribution in [3.05, 3.63) is 29.8 Å². The number of sulfonamides is 1. The van der Waals surface area contributed by atoms with Crippen LogP contribution in [0.25, 0.3) is 0 Å². The second-order valence-corrected chi connectivity index (χ2v) is 7.72. The van der Waals surface area contributed by atoms with Crippen molar-refractivity contribution in [1.82, 2.24) is 14.9 Å². The van der Waals surface area contributed by atoms with E-state index in [1.165, 1.54) is 11.4 Å². The first-order valence-electron chi connectivity index (χ1n) is 7.54. The highest BCUT2D eigenvalue weighted by atomic mass is 32.2. The van der Waals surface area contributed by atoms with E-state index in [0.29, 0.717) is 26.1 Å². The lowest BCUT2D eigenvalue weighted by molar-refractivity contribution is 0.214. The Morgan fingerprint density at radius 1 is 1.35 bits per heavy atom. The van der Waals surface area contributed by atoms with Gasteiger partial charge in [-0.2, -0.15) is 0 Å². The normalized spacial score (nSPS) is 16.7. The zero-order chi connectivity index (χ0) is 16.9. The lowest BCUT2D eigenvalue weighted by Crippen LogP contribution is -2.41. The average molecular weight is 341 g/mol. The third-order valence-corrected chi connectivity index (χ3v) is 5.02. The molecule has 1 aliphatic rings. The van der Waals surface area contributed by atoms with E-state index in [4.69, 9.17) is 4.74 Å². The van der Waals surface area contributed by atoms with Gasteiger partial charge in [-0.15, -0.1) is 0 Å². The topological polar surface area (TPSA) is 87.7 Å². The molecule has 0 fully saturated rings. The average Bonchev–Trinajstić information content (AvgIpc) is 2.91. The molecule has 1 aromatic rings. The van der Waals surface area contributed by atoms with Crippen molar-refractivity contribution in [3.63, 3.8) is 0 Å². The van der Waals surface area contributed by atoms with Crippen molar-refractivity contribution in [2.24, 2.45) is 0 Å². The first-order valence-corrected chi connectivity index (χ1v) is 9.38. The number of nitrogens with one attached hydrogen (secondary N) is 2. The summed E-state index contributed by atoms with van der Waals surface area (Å²) in [6.07, 6.45) is 2.46. The van der Waals surface area contributed by atoms with Gasteiger partial charge in [0.1, 0.15) is 11.9 Å². The third kappa shape index (κ3) is 5.40. The van der Waals surface area contributed by atoms with Crippen molar-refractivity contribution in [3.8, 4) is 5.75 Å². The van der Waals surface area contributed by atoms with Crippen LogP contribution >= 0.6 is 0 Å². The number of fused-ring (bicyclic) bond motifs is 1. The minimum absolute atomic E-state index is 0.0467. The fraction of sp³-hybridized carbons (Fsp3) is 0.533. The molecule has 0 aliphatic carbocycles. The van der Waals surface area contributed by atoms with Gasteiger partial charge in [0, 0.05) is 26.6 Å². The molecular weight excluding hydrogens is 318 g/mol. The van der Waals surface area contributed by atoms with Gasteiger partial charge in [0.25, 0.3) is 0 Å². The summed E-state index contributed by atoms with van der Waals surface area (Å²) in [6.45, 7) is 1.22. The highest BCUT2D eigenvalue weighted by molar-refractivity contribution is 7.88. The van der Waals surface area contributed by atoms with E-state index < -0.39 is 10.0 Å². The van der Waals surface area contributed by atoms with Crippen LogP contribution in [0.5, 0.6) is 5.75 Å². The van der Waals surface area contributed by atoms with Gasteiger partial charge in [-0.3, -0.25) is 0 Å². The fourth-order valence-electron chi connectivity index (χ4n) is 2.31. The molecule has 1 heterocycles. The Hall–Kier alpha value is -1.80. The van der Waals surface area contributed by atoms with Gasteiger partial charge in [0.15, 0.2) is 0 Å². The molecule has 0 aromatic heterocycles. The number of hydrogen-bond acceptors (Lipinski definition) is 4. The molecule has 2 N–H and O–H groups in total. The van der Waals surface area contributed by atoms with Crippen molar-refractivity contribution in [1.29, 1.82) is 0 Å². The summed E-state index contributed by atoms with van der Waals surface area (Å²) in [5.41, 5.74) is 1.16. The molecule has 128 valence electrons. The number of carbonyl (C=O) groups excluding carboxylic acids is 1. The van der Waals surface area contributed by atoms with E-state index in [1.54, 1.807) is 0 Å². The molecule has 8 heteroatoms. The maximum absolute atomic E-state index is 11.7. The highest BCUT2D eigenvalue weighted by Gasteiger charge is 2.22. The number of carbonyl (C=O) groups is 1. The summed E-state index contributed by atoms with van der Waals surface area (Å²) in [7, 11) is -1.64. The van der Waals surface area contributed by atoms with E-state index in [9.17, 15) is 13.2 Å². The highest BCUT2D eigenvalue weighted by Crippen LogP contribution is 2.27. The zero-order valence-corrected chi connectivity index (χ0v) is 14.2. The zero-order valence-electron chi connectivity index (χ0n) is 13.4. The molecule has 7 nitrogen and oxygen atoms in total. The van der Waals surface area contributed by atoms with E-state index in [1.807, 2.05) is 24.3 Å². The standard InChI is InChI=1S/C15H23N3O4S/c1-18(23(2,20)21)9-5-8-16-15(19)17-11-13-10-12-6-3-4-7-14(12)22-13/h3-4,6-7,13H,5,8-11H2,1-2H3,(H2,16,17,19). The first kappa shape index (κ1) is 17.6. The van der Waals surface area contributed by atoms with Crippen molar-refractivity contribution in [2.75, 3.05) is 32.9 Å². The number of rotatable bonds is 7. The maximum atomic E-state index is 11.7. The predicted molar refractivity (Wildman–Crippen MR) is 88.1 cm³/mol. The fourth-order valence-corrected chi connectivity index (χ4v) is 2.77. The largest absolute Gasteiger partial charge is 0.488 e. The third-order valence-electron chi connectivity index (χ3n) is 3.71. The molecular formula is C15H23N3O4S. The van der Waals surface area contributed by atoms with Crippen LogP contribution in [0.1, 0.15) is 12.0 Å². The Morgan fingerprint density at radius 3 is 2.78 bits per heavy atom. The van der Waals surface area contributed by atoms with E-state index in [0.717, 1.165) is 24.0 Å². The van der Waals surface area contributed by atoms with Crippen molar-refractivity contribution in [2.45, 2.75) is 18.9 Å². The summed E-state index contributed by atoms with van der Waals surface area (Å²) >= 11 is 0. The van der Waals surface area contributed by atoms with Gasteiger partial charge in [-0.1, -0.05) is 18.2 Å². The van der Waals surface area contributed by atoms with Gasteiger partial charge >= 0.3 is 6.03 Å². The number of urea groups is 1. The van der Waals surface area contributed by atoms with Gasteiger partial charge in [0.2, 0.25) is 10.0 Å². The Morgan fingerprint density at radius 2 is 2.09 bits per heavy atom. The minimum Gasteiger partial charge on any atom is -0.488 e. The number of hydrogen-bond donors (Lipinski definition) is 2. The van der Waals surface area contributed by atoms with Crippen LogP contribution in [0.3, 0.4) is 0 Å². The number of nitrogens with zero attached hydrogens (tertiary/aromatic N) is 1. The lowest BCUT2D eigenvalue weighted by Gasteiger charge is -2.15. The smallest absolute Gasteiger partial charge is 0.314 e. The molecule has 1 aromatic carbocycles. The molecule has 0 radical (unpaired) electrons. The molecule has 0 saturated carbocycles. The molecule has 2 amide bonds. The molecule has 23 heavy (non-hydrogen) atoms. The molecule has 0 bridgehead atoms. The van der Waals surface area contributed by atoms with Gasteiger partial charge in [-0.05, 0) is 18.1 Å². The second-order valence-electron chi connectivity index (χ2n) is 5.63. The molecule has 1 atom stereocenters. The molecule has 0 spiro atoms. The molecule has 1 unspecified atom stereocenters. The minimum atomic E-state index is -3.16. The van der Waals surface area contributed by atoms with Gasteiger partial charge < -0.3 is 15.4 Å². The number of para-hydroxylation sites is 1. The van der Waals surface area contributed by atoms with E-state index in [-0.39, 0.29) is 12.1 Å². The van der Waals surface area contributed by atoms with Crippen LogP contribution in [0.4, 0.5) is 4.79 Å².